The lowest BCUT2D eigenvalue weighted by Gasteiger charge is -2.34. The molecule has 7 heteroatoms. The topological polar surface area (TPSA) is 73.4 Å². The highest BCUT2D eigenvalue weighted by atomic mass is 19.1. The van der Waals surface area contributed by atoms with Gasteiger partial charge < -0.3 is 19.9 Å². The normalized spacial score (nSPS) is 11.9. The van der Waals surface area contributed by atoms with Crippen LogP contribution in [0.3, 0.4) is 0 Å². The highest BCUT2D eigenvalue weighted by Crippen LogP contribution is 2.32. The SMILES string of the molecule is CC(C)[C@H](c1nc(-c2ccccc2)cn1Cc1ccccc1)N(CCCN)C(=O)COc1ccc(F)cc1. The first kappa shape index (κ1) is 27.1. The Balaban J connectivity index is 1.69. The smallest absolute Gasteiger partial charge is 0.261 e. The zero-order valence-corrected chi connectivity index (χ0v) is 22.0. The van der Waals surface area contributed by atoms with Gasteiger partial charge in [-0.25, -0.2) is 9.37 Å². The van der Waals surface area contributed by atoms with Gasteiger partial charge in [0, 0.05) is 24.8 Å². The molecule has 0 fully saturated rings. The van der Waals surface area contributed by atoms with Gasteiger partial charge in [0.15, 0.2) is 6.61 Å². The third kappa shape index (κ3) is 6.86. The minimum Gasteiger partial charge on any atom is -0.484 e. The van der Waals surface area contributed by atoms with Gasteiger partial charge in [-0.05, 0) is 48.7 Å². The van der Waals surface area contributed by atoms with Gasteiger partial charge in [0.1, 0.15) is 17.4 Å². The van der Waals surface area contributed by atoms with Crippen molar-refractivity contribution in [2.24, 2.45) is 11.7 Å². The summed E-state index contributed by atoms with van der Waals surface area (Å²) < 4.78 is 21.2. The van der Waals surface area contributed by atoms with E-state index in [1.54, 1.807) is 0 Å². The summed E-state index contributed by atoms with van der Waals surface area (Å²) in [5.41, 5.74) is 8.88. The van der Waals surface area contributed by atoms with Crippen LogP contribution in [0.2, 0.25) is 0 Å². The monoisotopic (exact) mass is 514 g/mol. The number of carbonyl (C=O) groups is 1. The second kappa shape index (κ2) is 13.0. The number of benzene rings is 3. The molecule has 198 valence electrons. The molecule has 0 radical (unpaired) electrons. The van der Waals surface area contributed by atoms with E-state index in [9.17, 15) is 9.18 Å². The summed E-state index contributed by atoms with van der Waals surface area (Å²) in [6.45, 7) is 5.59. The van der Waals surface area contributed by atoms with Crippen LogP contribution in [0.1, 0.15) is 37.7 Å². The summed E-state index contributed by atoms with van der Waals surface area (Å²) in [6.07, 6.45) is 2.71. The zero-order valence-electron chi connectivity index (χ0n) is 22.0. The van der Waals surface area contributed by atoms with Crippen molar-refractivity contribution >= 4 is 5.91 Å². The molecule has 0 aliphatic carbocycles. The zero-order chi connectivity index (χ0) is 26.9. The lowest BCUT2D eigenvalue weighted by atomic mass is 10.0. The van der Waals surface area contributed by atoms with Crippen molar-refractivity contribution in [3.05, 3.63) is 108 Å². The molecule has 0 bridgehead atoms. The first-order chi connectivity index (χ1) is 18.5. The minimum atomic E-state index is -0.354. The Morgan fingerprint density at radius 3 is 2.29 bits per heavy atom. The molecule has 4 aromatic rings. The molecule has 38 heavy (non-hydrogen) atoms. The number of rotatable bonds is 12. The number of halogens is 1. The van der Waals surface area contributed by atoms with E-state index in [1.807, 2.05) is 53.4 Å². The first-order valence-corrected chi connectivity index (χ1v) is 13.0. The van der Waals surface area contributed by atoms with Crippen molar-refractivity contribution < 1.29 is 13.9 Å². The van der Waals surface area contributed by atoms with Gasteiger partial charge in [-0.2, -0.15) is 0 Å². The highest BCUT2D eigenvalue weighted by molar-refractivity contribution is 5.78. The van der Waals surface area contributed by atoms with Crippen molar-refractivity contribution in [2.75, 3.05) is 19.7 Å². The van der Waals surface area contributed by atoms with E-state index in [-0.39, 0.29) is 30.3 Å². The highest BCUT2D eigenvalue weighted by Gasteiger charge is 2.32. The third-order valence-corrected chi connectivity index (χ3v) is 6.40. The predicted octanol–water partition coefficient (Wildman–Crippen LogP) is 5.69. The van der Waals surface area contributed by atoms with E-state index >= 15 is 0 Å². The molecule has 0 saturated carbocycles. The number of amides is 1. The van der Waals surface area contributed by atoms with Crippen molar-refractivity contribution in [1.82, 2.24) is 14.5 Å². The molecular formula is C31H35FN4O2. The number of ether oxygens (including phenoxy) is 1. The van der Waals surface area contributed by atoms with E-state index in [2.05, 4.69) is 36.7 Å². The quantitative estimate of drug-likeness (QED) is 0.264. The van der Waals surface area contributed by atoms with E-state index in [1.165, 1.54) is 24.3 Å². The molecule has 6 nitrogen and oxygen atoms in total. The molecule has 1 amide bonds. The van der Waals surface area contributed by atoms with Crippen molar-refractivity contribution in [2.45, 2.75) is 32.9 Å². The lowest BCUT2D eigenvalue weighted by Crippen LogP contribution is -2.42. The maximum absolute atomic E-state index is 13.6. The number of hydrogen-bond acceptors (Lipinski definition) is 4. The number of nitrogens with zero attached hydrogens (tertiary/aromatic N) is 3. The van der Waals surface area contributed by atoms with Crippen LogP contribution in [0.25, 0.3) is 11.3 Å². The fourth-order valence-corrected chi connectivity index (χ4v) is 4.56. The van der Waals surface area contributed by atoms with Gasteiger partial charge in [0.25, 0.3) is 5.91 Å². The molecule has 0 saturated heterocycles. The second-order valence-electron chi connectivity index (χ2n) is 9.62. The van der Waals surface area contributed by atoms with Crippen molar-refractivity contribution in [3.8, 4) is 17.0 Å². The van der Waals surface area contributed by atoms with Crippen molar-refractivity contribution in [1.29, 1.82) is 0 Å². The van der Waals surface area contributed by atoms with E-state index < -0.39 is 0 Å². The molecule has 3 aromatic carbocycles. The Labute approximate surface area is 223 Å². The summed E-state index contributed by atoms with van der Waals surface area (Å²) in [6, 6.07) is 25.6. The Kier molecular flexibility index (Phi) is 9.27. The Bertz CT molecular complexity index is 1290. The molecule has 1 aromatic heterocycles. The van der Waals surface area contributed by atoms with Crippen LogP contribution >= 0.6 is 0 Å². The summed E-state index contributed by atoms with van der Waals surface area (Å²) in [7, 11) is 0. The number of aromatic nitrogens is 2. The molecule has 0 aliphatic heterocycles. The fraction of sp³-hybridized carbons (Fsp3) is 0.290. The lowest BCUT2D eigenvalue weighted by molar-refractivity contribution is -0.137. The van der Waals surface area contributed by atoms with Crippen LogP contribution < -0.4 is 10.5 Å². The Morgan fingerprint density at radius 1 is 1.00 bits per heavy atom. The van der Waals surface area contributed by atoms with Gasteiger partial charge >= 0.3 is 0 Å². The molecular weight excluding hydrogens is 479 g/mol. The molecule has 0 aliphatic rings. The molecule has 2 N–H and O–H groups in total. The molecule has 4 rings (SSSR count). The largest absolute Gasteiger partial charge is 0.484 e. The summed E-state index contributed by atoms with van der Waals surface area (Å²) in [5, 5.41) is 0. The van der Waals surface area contributed by atoms with E-state index in [0.29, 0.717) is 31.8 Å². The number of carbonyl (C=O) groups excluding carboxylic acids is 1. The van der Waals surface area contributed by atoms with Gasteiger partial charge in [0.05, 0.1) is 11.7 Å². The third-order valence-electron chi connectivity index (χ3n) is 6.40. The van der Waals surface area contributed by atoms with Gasteiger partial charge in [-0.15, -0.1) is 0 Å². The molecule has 0 unspecified atom stereocenters. The van der Waals surface area contributed by atoms with Crippen LogP contribution in [0.15, 0.2) is 91.1 Å². The van der Waals surface area contributed by atoms with Crippen LogP contribution in [-0.2, 0) is 11.3 Å². The number of nitrogens with two attached hydrogens (primary N) is 1. The van der Waals surface area contributed by atoms with Gasteiger partial charge in [-0.3, -0.25) is 4.79 Å². The standard InChI is InChI=1S/C31H35FN4O2/c1-23(2)30(36(19-9-18-33)29(37)22-38-27-16-14-26(32)15-17-27)31-34-28(25-12-7-4-8-13-25)21-35(31)20-24-10-5-3-6-11-24/h3-8,10-17,21,23,30H,9,18-20,22,33H2,1-2H3/t30-/m1/s1. The molecule has 1 atom stereocenters. The predicted molar refractivity (Wildman–Crippen MR) is 148 cm³/mol. The average Bonchev–Trinajstić information content (AvgIpc) is 3.34. The van der Waals surface area contributed by atoms with Crippen LogP contribution in [0.4, 0.5) is 4.39 Å². The summed E-state index contributed by atoms with van der Waals surface area (Å²) in [4.78, 5) is 20.5. The molecule has 1 heterocycles. The fourth-order valence-electron chi connectivity index (χ4n) is 4.56. The van der Waals surface area contributed by atoms with E-state index in [0.717, 1.165) is 22.6 Å². The minimum absolute atomic E-state index is 0.0723. The van der Waals surface area contributed by atoms with Gasteiger partial charge in [-0.1, -0.05) is 74.5 Å². The van der Waals surface area contributed by atoms with Crippen molar-refractivity contribution in [3.63, 3.8) is 0 Å². The summed E-state index contributed by atoms with van der Waals surface area (Å²) in [5.74, 6) is 0.805. The Morgan fingerprint density at radius 2 is 1.66 bits per heavy atom. The first-order valence-electron chi connectivity index (χ1n) is 13.0. The molecule has 0 spiro atoms. The maximum Gasteiger partial charge on any atom is 0.261 e. The second-order valence-corrected chi connectivity index (χ2v) is 9.62. The number of hydrogen-bond donors (Lipinski definition) is 1. The van der Waals surface area contributed by atoms with Crippen LogP contribution in [0.5, 0.6) is 5.75 Å². The summed E-state index contributed by atoms with van der Waals surface area (Å²) >= 11 is 0. The maximum atomic E-state index is 13.6. The number of imidazole rings is 1. The average molecular weight is 515 g/mol. The van der Waals surface area contributed by atoms with Gasteiger partial charge in [0.2, 0.25) is 0 Å². The Hall–Kier alpha value is -3.97. The van der Waals surface area contributed by atoms with Crippen LogP contribution in [-0.4, -0.2) is 40.1 Å². The van der Waals surface area contributed by atoms with E-state index in [4.69, 9.17) is 15.5 Å². The van der Waals surface area contributed by atoms with Crippen LogP contribution in [0, 0.1) is 11.7 Å².